The van der Waals surface area contributed by atoms with Gasteiger partial charge < -0.3 is 10.1 Å². The zero-order chi connectivity index (χ0) is 14.8. The molecule has 1 atom stereocenters. The van der Waals surface area contributed by atoms with Gasteiger partial charge in [0.1, 0.15) is 0 Å². The van der Waals surface area contributed by atoms with Crippen LogP contribution >= 0.6 is 0 Å². The quantitative estimate of drug-likeness (QED) is 0.915. The Labute approximate surface area is 123 Å². The van der Waals surface area contributed by atoms with Gasteiger partial charge in [-0.25, -0.2) is 0 Å². The molecule has 0 aromatic heterocycles. The Balaban J connectivity index is 2.08. The second kappa shape index (κ2) is 6.25. The third kappa shape index (κ3) is 4.05. The van der Waals surface area contributed by atoms with Crippen molar-refractivity contribution in [2.45, 2.75) is 39.3 Å². The topological polar surface area (TPSA) is 24.5 Å². The minimum absolute atomic E-state index is 0.0287. The molecule has 3 heteroatoms. The van der Waals surface area contributed by atoms with Crippen molar-refractivity contribution in [1.82, 2.24) is 10.2 Å². The molecule has 20 heavy (non-hydrogen) atoms. The second-order valence-corrected chi connectivity index (χ2v) is 6.61. The molecule has 3 nitrogen and oxygen atoms in total. The van der Waals surface area contributed by atoms with Crippen molar-refractivity contribution in [3.8, 4) is 0 Å². The number of aryl methyl sites for hydroxylation is 2. The maximum Gasteiger partial charge on any atom is 0.0753 e. The van der Waals surface area contributed by atoms with Crippen LogP contribution in [0.25, 0.3) is 0 Å². The monoisotopic (exact) mass is 276 g/mol. The van der Waals surface area contributed by atoms with Crippen LogP contribution in [0.5, 0.6) is 0 Å². The van der Waals surface area contributed by atoms with E-state index in [2.05, 4.69) is 56.1 Å². The standard InChI is InChI=1S/C17H28N2O/c1-13-8-14(2)10-15(9-13)16(18-5)11-19-6-7-20-17(3,4)12-19/h8-10,16,18H,6-7,11-12H2,1-5H3. The van der Waals surface area contributed by atoms with Gasteiger partial charge in [-0.1, -0.05) is 29.3 Å². The lowest BCUT2D eigenvalue weighted by Crippen LogP contribution is -2.50. The van der Waals surface area contributed by atoms with E-state index < -0.39 is 0 Å². The van der Waals surface area contributed by atoms with Crippen molar-refractivity contribution < 1.29 is 4.74 Å². The first-order valence-corrected chi connectivity index (χ1v) is 7.51. The van der Waals surface area contributed by atoms with Crippen LogP contribution in [0, 0.1) is 13.8 Å². The first kappa shape index (κ1) is 15.5. The number of rotatable bonds is 4. The second-order valence-electron chi connectivity index (χ2n) is 6.61. The summed E-state index contributed by atoms with van der Waals surface area (Å²) in [5, 5.41) is 3.46. The minimum Gasteiger partial charge on any atom is -0.373 e. The Morgan fingerprint density at radius 2 is 1.90 bits per heavy atom. The molecule has 1 aliphatic rings. The van der Waals surface area contributed by atoms with E-state index in [1.165, 1.54) is 16.7 Å². The molecule has 0 radical (unpaired) electrons. The lowest BCUT2D eigenvalue weighted by atomic mass is 10.00. The summed E-state index contributed by atoms with van der Waals surface area (Å²) in [6.07, 6.45) is 0. The van der Waals surface area contributed by atoms with Gasteiger partial charge in [-0.05, 0) is 40.3 Å². The number of hydrogen-bond donors (Lipinski definition) is 1. The summed E-state index contributed by atoms with van der Waals surface area (Å²) in [6.45, 7) is 12.6. The van der Waals surface area contributed by atoms with Gasteiger partial charge >= 0.3 is 0 Å². The van der Waals surface area contributed by atoms with E-state index in [-0.39, 0.29) is 5.60 Å². The molecule has 1 N–H and O–H groups in total. The molecule has 0 spiro atoms. The average Bonchev–Trinajstić information content (AvgIpc) is 2.33. The molecule has 1 saturated heterocycles. The zero-order valence-corrected chi connectivity index (χ0v) is 13.5. The number of nitrogens with one attached hydrogen (secondary N) is 1. The largest absolute Gasteiger partial charge is 0.373 e. The maximum absolute atomic E-state index is 5.79. The predicted molar refractivity (Wildman–Crippen MR) is 84.2 cm³/mol. The summed E-state index contributed by atoms with van der Waals surface area (Å²) in [6, 6.07) is 7.19. The lowest BCUT2D eigenvalue weighted by molar-refractivity contribution is -0.0875. The summed E-state index contributed by atoms with van der Waals surface area (Å²) in [4.78, 5) is 2.50. The maximum atomic E-state index is 5.79. The number of morpholine rings is 1. The average molecular weight is 276 g/mol. The molecule has 1 aliphatic heterocycles. The fraction of sp³-hybridized carbons (Fsp3) is 0.647. The van der Waals surface area contributed by atoms with E-state index in [1.807, 2.05) is 7.05 Å². The highest BCUT2D eigenvalue weighted by molar-refractivity contribution is 5.30. The zero-order valence-electron chi connectivity index (χ0n) is 13.5. The Hall–Kier alpha value is -0.900. The number of benzene rings is 1. The molecule has 1 fully saturated rings. The SMILES string of the molecule is CNC(CN1CCOC(C)(C)C1)c1cc(C)cc(C)c1. The van der Waals surface area contributed by atoms with Crippen molar-refractivity contribution in [2.75, 3.05) is 33.3 Å². The van der Waals surface area contributed by atoms with E-state index in [0.717, 1.165) is 26.2 Å². The number of likely N-dealkylation sites (N-methyl/N-ethyl adjacent to an activating group) is 1. The molecule has 1 aromatic rings. The van der Waals surface area contributed by atoms with Gasteiger partial charge in [-0.15, -0.1) is 0 Å². The molecule has 112 valence electrons. The molecule has 0 bridgehead atoms. The number of hydrogen-bond acceptors (Lipinski definition) is 3. The molecule has 0 amide bonds. The number of nitrogens with zero attached hydrogens (tertiary/aromatic N) is 1. The first-order valence-electron chi connectivity index (χ1n) is 7.51. The van der Waals surface area contributed by atoms with Crippen molar-refractivity contribution in [2.24, 2.45) is 0 Å². The van der Waals surface area contributed by atoms with Crippen LogP contribution < -0.4 is 5.32 Å². The summed E-state index contributed by atoms with van der Waals surface area (Å²) < 4.78 is 5.79. The molecule has 1 heterocycles. The molecular weight excluding hydrogens is 248 g/mol. The fourth-order valence-electron chi connectivity index (χ4n) is 3.10. The highest BCUT2D eigenvalue weighted by Gasteiger charge is 2.28. The van der Waals surface area contributed by atoms with Gasteiger partial charge in [0.2, 0.25) is 0 Å². The van der Waals surface area contributed by atoms with Crippen LogP contribution in [0.3, 0.4) is 0 Å². The summed E-state index contributed by atoms with van der Waals surface area (Å²) in [5.41, 5.74) is 4.03. The normalized spacial score (nSPS) is 20.9. The smallest absolute Gasteiger partial charge is 0.0753 e. The third-order valence-corrected chi connectivity index (χ3v) is 3.94. The Kier molecular flexibility index (Phi) is 4.84. The van der Waals surface area contributed by atoms with Crippen molar-refractivity contribution in [3.63, 3.8) is 0 Å². The first-order chi connectivity index (χ1) is 9.39. The van der Waals surface area contributed by atoms with E-state index in [0.29, 0.717) is 6.04 Å². The summed E-state index contributed by atoms with van der Waals surface area (Å²) in [7, 11) is 2.05. The molecule has 1 aromatic carbocycles. The van der Waals surface area contributed by atoms with Crippen LogP contribution in [-0.2, 0) is 4.74 Å². The van der Waals surface area contributed by atoms with E-state index in [1.54, 1.807) is 0 Å². The van der Waals surface area contributed by atoms with E-state index in [4.69, 9.17) is 4.74 Å². The van der Waals surface area contributed by atoms with Crippen LogP contribution in [0.2, 0.25) is 0 Å². The summed E-state index contributed by atoms with van der Waals surface area (Å²) in [5.74, 6) is 0. The van der Waals surface area contributed by atoms with E-state index in [9.17, 15) is 0 Å². The van der Waals surface area contributed by atoms with Gasteiger partial charge in [-0.2, -0.15) is 0 Å². The lowest BCUT2D eigenvalue weighted by Gasteiger charge is -2.39. The van der Waals surface area contributed by atoms with Crippen molar-refractivity contribution in [3.05, 3.63) is 34.9 Å². The molecular formula is C17H28N2O. The predicted octanol–water partition coefficient (Wildman–Crippen LogP) is 2.67. The van der Waals surface area contributed by atoms with Gasteiger partial charge in [0, 0.05) is 25.7 Å². The van der Waals surface area contributed by atoms with Gasteiger partial charge in [0.05, 0.1) is 12.2 Å². The van der Waals surface area contributed by atoms with Crippen molar-refractivity contribution >= 4 is 0 Å². The van der Waals surface area contributed by atoms with Gasteiger partial charge in [0.15, 0.2) is 0 Å². The van der Waals surface area contributed by atoms with Gasteiger partial charge in [-0.3, -0.25) is 4.90 Å². The van der Waals surface area contributed by atoms with Crippen LogP contribution in [0.1, 0.15) is 36.6 Å². The molecule has 0 aliphatic carbocycles. The molecule has 1 unspecified atom stereocenters. The minimum atomic E-state index is -0.0287. The van der Waals surface area contributed by atoms with Crippen molar-refractivity contribution in [1.29, 1.82) is 0 Å². The highest BCUT2D eigenvalue weighted by Crippen LogP contribution is 2.22. The Morgan fingerprint density at radius 3 is 2.45 bits per heavy atom. The number of ether oxygens (including phenoxy) is 1. The van der Waals surface area contributed by atoms with Crippen LogP contribution in [0.15, 0.2) is 18.2 Å². The third-order valence-electron chi connectivity index (χ3n) is 3.94. The molecule has 2 rings (SSSR count). The van der Waals surface area contributed by atoms with Crippen LogP contribution in [-0.4, -0.2) is 43.8 Å². The Bertz CT molecular complexity index is 436. The van der Waals surface area contributed by atoms with Gasteiger partial charge in [0.25, 0.3) is 0 Å². The van der Waals surface area contributed by atoms with E-state index >= 15 is 0 Å². The molecule has 0 saturated carbocycles. The Morgan fingerprint density at radius 1 is 1.25 bits per heavy atom. The highest BCUT2D eigenvalue weighted by atomic mass is 16.5. The van der Waals surface area contributed by atoms with Crippen LogP contribution in [0.4, 0.5) is 0 Å². The summed E-state index contributed by atoms with van der Waals surface area (Å²) >= 11 is 0. The fourth-order valence-corrected chi connectivity index (χ4v) is 3.10.